The third-order valence-electron chi connectivity index (χ3n) is 4.23. The lowest BCUT2D eigenvalue weighted by molar-refractivity contribution is -0.128. The van der Waals surface area contributed by atoms with Crippen molar-refractivity contribution in [2.75, 3.05) is 24.5 Å². The Labute approximate surface area is 126 Å². The Bertz CT molecular complexity index is 468. The van der Waals surface area contributed by atoms with Gasteiger partial charge in [0.1, 0.15) is 0 Å². The predicted molar refractivity (Wildman–Crippen MR) is 85.3 cm³/mol. The minimum Gasteiger partial charge on any atom is -0.372 e. The Morgan fingerprint density at radius 3 is 2.40 bits per heavy atom. The number of amides is 1. The number of nitrogens with zero attached hydrogens (tertiary/aromatic N) is 2. The summed E-state index contributed by atoms with van der Waals surface area (Å²) < 4.78 is 0. The van der Waals surface area contributed by atoms with Crippen LogP contribution in [0.15, 0.2) is 24.3 Å². The van der Waals surface area contributed by atoms with Gasteiger partial charge in [0.25, 0.3) is 0 Å². The number of anilines is 1. The summed E-state index contributed by atoms with van der Waals surface area (Å²) in [6.45, 7) is 3.84. The van der Waals surface area contributed by atoms with E-state index in [-0.39, 0.29) is 11.2 Å². The van der Waals surface area contributed by atoms with E-state index in [2.05, 4.69) is 41.8 Å². The Morgan fingerprint density at radius 2 is 1.80 bits per heavy atom. The summed E-state index contributed by atoms with van der Waals surface area (Å²) in [5.41, 5.74) is 2.52. The van der Waals surface area contributed by atoms with Crippen molar-refractivity contribution in [3.05, 3.63) is 29.8 Å². The number of hydrogen-bond acceptors (Lipinski definition) is 3. The lowest BCUT2D eigenvalue weighted by atomic mass is 10.1. The van der Waals surface area contributed by atoms with Crippen molar-refractivity contribution in [3.8, 4) is 0 Å². The quantitative estimate of drug-likeness (QED) is 0.865. The van der Waals surface area contributed by atoms with Crippen LogP contribution >= 0.6 is 12.6 Å². The predicted octanol–water partition coefficient (Wildman–Crippen LogP) is 2.71. The van der Waals surface area contributed by atoms with E-state index in [1.54, 1.807) is 0 Å². The van der Waals surface area contributed by atoms with Gasteiger partial charge >= 0.3 is 0 Å². The molecular weight excluding hydrogens is 268 g/mol. The summed E-state index contributed by atoms with van der Waals surface area (Å²) in [5, 5.41) is 0.204. The van der Waals surface area contributed by atoms with Gasteiger partial charge < -0.3 is 9.80 Å². The molecule has 2 fully saturated rings. The van der Waals surface area contributed by atoms with Crippen LogP contribution in [0.5, 0.6) is 0 Å². The maximum atomic E-state index is 11.8. The Morgan fingerprint density at radius 1 is 1.10 bits per heavy atom. The first-order valence-electron chi connectivity index (χ1n) is 7.52. The van der Waals surface area contributed by atoms with Crippen molar-refractivity contribution in [1.29, 1.82) is 0 Å². The zero-order valence-corrected chi connectivity index (χ0v) is 12.7. The fraction of sp³-hybridized carbons (Fsp3) is 0.562. The molecule has 0 bridgehead atoms. The number of thiol groups is 1. The lowest BCUT2D eigenvalue weighted by Crippen LogP contribution is -2.29. The van der Waals surface area contributed by atoms with Crippen molar-refractivity contribution in [1.82, 2.24) is 4.90 Å². The van der Waals surface area contributed by atoms with Crippen LogP contribution in [0.1, 0.15) is 31.2 Å². The first-order chi connectivity index (χ1) is 9.72. The molecule has 1 aromatic carbocycles. The molecule has 3 nitrogen and oxygen atoms in total. The average molecular weight is 290 g/mol. The highest BCUT2D eigenvalue weighted by molar-refractivity contribution is 7.81. The molecule has 1 unspecified atom stereocenters. The van der Waals surface area contributed by atoms with Gasteiger partial charge in [0.05, 0.1) is 0 Å². The second-order valence-corrected chi connectivity index (χ2v) is 6.58. The molecule has 0 saturated carbocycles. The van der Waals surface area contributed by atoms with Gasteiger partial charge in [0, 0.05) is 43.5 Å². The van der Waals surface area contributed by atoms with Gasteiger partial charge in [-0.15, -0.1) is 0 Å². The summed E-state index contributed by atoms with van der Waals surface area (Å²) >= 11 is 4.39. The second kappa shape index (κ2) is 6.08. The van der Waals surface area contributed by atoms with E-state index in [1.165, 1.54) is 43.6 Å². The number of carbonyl (C=O) groups excluding carboxylic acids is 1. The van der Waals surface area contributed by atoms with Crippen LogP contribution in [0.4, 0.5) is 5.69 Å². The molecule has 2 saturated heterocycles. The van der Waals surface area contributed by atoms with E-state index in [9.17, 15) is 4.79 Å². The fourth-order valence-corrected chi connectivity index (χ4v) is 3.44. The Balaban J connectivity index is 1.62. The number of rotatable bonds is 3. The third-order valence-corrected chi connectivity index (χ3v) is 4.57. The van der Waals surface area contributed by atoms with Crippen LogP contribution in [0.25, 0.3) is 0 Å². The van der Waals surface area contributed by atoms with Gasteiger partial charge in [-0.2, -0.15) is 12.6 Å². The molecule has 0 N–H and O–H groups in total. The van der Waals surface area contributed by atoms with E-state index in [4.69, 9.17) is 0 Å². The van der Waals surface area contributed by atoms with Crippen LogP contribution < -0.4 is 4.90 Å². The van der Waals surface area contributed by atoms with Crippen molar-refractivity contribution in [2.45, 2.75) is 37.5 Å². The molecule has 2 heterocycles. The summed E-state index contributed by atoms with van der Waals surface area (Å²) in [6, 6.07) is 8.70. The number of hydrogen-bond donors (Lipinski definition) is 1. The number of benzene rings is 1. The zero-order valence-electron chi connectivity index (χ0n) is 11.8. The molecule has 1 atom stereocenters. The molecule has 20 heavy (non-hydrogen) atoms. The highest BCUT2D eigenvalue weighted by Crippen LogP contribution is 2.22. The van der Waals surface area contributed by atoms with Crippen LogP contribution in [0.3, 0.4) is 0 Å². The average Bonchev–Trinajstić information content (AvgIpc) is 2.79. The van der Waals surface area contributed by atoms with Crippen LogP contribution in [-0.4, -0.2) is 35.7 Å². The largest absolute Gasteiger partial charge is 0.372 e. The fourth-order valence-electron chi connectivity index (χ4n) is 3.09. The normalized spacial score (nSPS) is 23.4. The van der Waals surface area contributed by atoms with E-state index in [0.29, 0.717) is 6.42 Å². The van der Waals surface area contributed by atoms with Crippen molar-refractivity contribution in [3.63, 3.8) is 0 Å². The maximum absolute atomic E-state index is 11.8. The van der Waals surface area contributed by atoms with Crippen molar-refractivity contribution < 1.29 is 4.79 Å². The molecule has 0 aromatic heterocycles. The molecule has 3 rings (SSSR count). The Hall–Kier alpha value is -1.16. The molecular formula is C16H22N2OS. The van der Waals surface area contributed by atoms with Crippen LogP contribution in [-0.2, 0) is 11.3 Å². The summed E-state index contributed by atoms with van der Waals surface area (Å²) in [7, 11) is 0. The van der Waals surface area contributed by atoms with Crippen molar-refractivity contribution in [2.24, 2.45) is 0 Å². The highest BCUT2D eigenvalue weighted by atomic mass is 32.1. The highest BCUT2D eigenvalue weighted by Gasteiger charge is 2.26. The van der Waals surface area contributed by atoms with Crippen LogP contribution in [0.2, 0.25) is 0 Å². The monoisotopic (exact) mass is 290 g/mol. The molecule has 4 heteroatoms. The van der Waals surface area contributed by atoms with Crippen LogP contribution in [0, 0.1) is 0 Å². The third kappa shape index (κ3) is 3.11. The van der Waals surface area contributed by atoms with E-state index < -0.39 is 0 Å². The molecule has 1 amide bonds. The van der Waals surface area contributed by atoms with Gasteiger partial charge in [-0.05, 0) is 37.0 Å². The summed E-state index contributed by atoms with van der Waals surface area (Å²) in [5.74, 6) is 0.227. The lowest BCUT2D eigenvalue weighted by Gasteiger charge is -2.29. The van der Waals surface area contributed by atoms with E-state index in [1.807, 2.05) is 4.90 Å². The second-order valence-electron chi connectivity index (χ2n) is 5.85. The summed E-state index contributed by atoms with van der Waals surface area (Å²) in [4.78, 5) is 16.1. The van der Waals surface area contributed by atoms with E-state index in [0.717, 1.165) is 13.1 Å². The number of carbonyl (C=O) groups is 1. The minimum absolute atomic E-state index is 0.204. The molecule has 2 aliphatic heterocycles. The van der Waals surface area contributed by atoms with Gasteiger partial charge in [-0.3, -0.25) is 4.79 Å². The SMILES string of the molecule is O=C1CC(S)CN1Cc1ccc(N2CCCCC2)cc1. The molecule has 0 spiro atoms. The smallest absolute Gasteiger partial charge is 0.224 e. The zero-order chi connectivity index (χ0) is 13.9. The Kier molecular flexibility index (Phi) is 4.20. The first kappa shape index (κ1) is 13.8. The first-order valence-corrected chi connectivity index (χ1v) is 8.04. The molecule has 1 aromatic rings. The molecule has 108 valence electrons. The van der Waals surface area contributed by atoms with Crippen molar-refractivity contribution >= 4 is 24.2 Å². The number of likely N-dealkylation sites (tertiary alicyclic amines) is 1. The van der Waals surface area contributed by atoms with E-state index >= 15 is 0 Å². The topological polar surface area (TPSA) is 23.6 Å². The summed E-state index contributed by atoms with van der Waals surface area (Å²) in [6.07, 6.45) is 4.53. The molecule has 0 aliphatic carbocycles. The van der Waals surface area contributed by atoms with Gasteiger partial charge in [0.15, 0.2) is 0 Å². The van der Waals surface area contributed by atoms with Gasteiger partial charge in [-0.25, -0.2) is 0 Å². The maximum Gasteiger partial charge on any atom is 0.224 e. The standard InChI is InChI=1S/C16H22N2OS/c19-16-10-15(20)12-18(16)11-13-4-6-14(7-5-13)17-8-2-1-3-9-17/h4-7,15,20H,1-3,8-12H2. The molecule has 2 aliphatic rings. The van der Waals surface area contributed by atoms with Gasteiger partial charge in [-0.1, -0.05) is 12.1 Å². The molecule has 0 radical (unpaired) electrons. The minimum atomic E-state index is 0.204. The van der Waals surface area contributed by atoms with Gasteiger partial charge in [0.2, 0.25) is 5.91 Å². The number of piperidine rings is 1.